The third kappa shape index (κ3) is 3.50. The van der Waals surface area contributed by atoms with Gasteiger partial charge in [0.25, 0.3) is 5.56 Å². The molecule has 0 atom stereocenters. The zero-order valence-electron chi connectivity index (χ0n) is 11.1. The summed E-state index contributed by atoms with van der Waals surface area (Å²) in [4.78, 5) is 11.7. The fraction of sp³-hybridized carbons (Fsp3) is 0.143. The highest BCUT2D eigenvalue weighted by molar-refractivity contribution is 5.79. The number of nitrogens with zero attached hydrogens (tertiary/aromatic N) is 2. The zero-order chi connectivity index (χ0) is 15.6. The van der Waals surface area contributed by atoms with Crippen molar-refractivity contribution >= 4 is 12.0 Å². The Hall–Kier alpha value is -2.57. The number of pyridine rings is 1. The Morgan fingerprint density at radius 2 is 1.81 bits per heavy atom. The molecule has 1 aromatic carbocycles. The van der Waals surface area contributed by atoms with E-state index < -0.39 is 17.3 Å². The van der Waals surface area contributed by atoms with E-state index in [9.17, 15) is 18.0 Å². The predicted molar refractivity (Wildman–Crippen MR) is 74.3 cm³/mol. The Morgan fingerprint density at radius 3 is 2.33 bits per heavy atom. The van der Waals surface area contributed by atoms with E-state index >= 15 is 0 Å². The average Bonchev–Trinajstić information content (AvgIpc) is 2.37. The van der Waals surface area contributed by atoms with Crippen molar-refractivity contribution < 1.29 is 13.2 Å². The van der Waals surface area contributed by atoms with Gasteiger partial charge in [0.1, 0.15) is 5.82 Å². The summed E-state index contributed by atoms with van der Waals surface area (Å²) < 4.78 is 38.2. The Bertz CT molecular complexity index is 731. The van der Waals surface area contributed by atoms with Gasteiger partial charge in [-0.05, 0) is 36.2 Å². The molecule has 2 N–H and O–H groups in total. The molecule has 0 radical (unpaired) electrons. The molecule has 0 spiro atoms. The first-order chi connectivity index (χ1) is 9.77. The van der Waals surface area contributed by atoms with Crippen LogP contribution in [0.4, 0.5) is 19.0 Å². The first-order valence-corrected chi connectivity index (χ1v) is 5.98. The van der Waals surface area contributed by atoms with Crippen LogP contribution in [0.15, 0.2) is 46.3 Å². The highest BCUT2D eigenvalue weighted by Crippen LogP contribution is 2.28. The number of nitrogens with two attached hydrogens (primary N) is 1. The lowest BCUT2D eigenvalue weighted by atomic mass is 10.1. The van der Waals surface area contributed by atoms with E-state index in [0.29, 0.717) is 11.1 Å². The smallest absolute Gasteiger partial charge is 0.384 e. The maximum atomic E-state index is 12.4. The molecule has 4 nitrogen and oxygen atoms in total. The Kier molecular flexibility index (Phi) is 3.84. The summed E-state index contributed by atoms with van der Waals surface area (Å²) >= 11 is 0. The molecule has 0 amide bonds. The Morgan fingerprint density at radius 1 is 1.19 bits per heavy atom. The van der Waals surface area contributed by atoms with Gasteiger partial charge in [-0.3, -0.25) is 4.79 Å². The van der Waals surface area contributed by atoms with Crippen LogP contribution >= 0.6 is 0 Å². The van der Waals surface area contributed by atoms with E-state index in [1.807, 2.05) is 0 Å². The van der Waals surface area contributed by atoms with E-state index in [1.54, 1.807) is 13.0 Å². The van der Waals surface area contributed by atoms with Crippen LogP contribution in [-0.2, 0) is 6.18 Å². The molecule has 7 heteroatoms. The quantitative estimate of drug-likeness (QED) is 0.866. The van der Waals surface area contributed by atoms with Crippen LogP contribution in [0.3, 0.4) is 0 Å². The van der Waals surface area contributed by atoms with Crippen molar-refractivity contribution in [1.29, 1.82) is 0 Å². The van der Waals surface area contributed by atoms with E-state index in [1.165, 1.54) is 24.4 Å². The summed E-state index contributed by atoms with van der Waals surface area (Å²) in [6.07, 6.45) is -3.11. The third-order valence-corrected chi connectivity index (χ3v) is 2.74. The molecular weight excluding hydrogens is 283 g/mol. The molecule has 1 heterocycles. The topological polar surface area (TPSA) is 60.4 Å². The number of nitrogen functional groups attached to an aromatic ring is 1. The molecule has 0 saturated heterocycles. The second-order valence-corrected chi connectivity index (χ2v) is 4.47. The molecule has 0 aliphatic heterocycles. The van der Waals surface area contributed by atoms with Crippen molar-refractivity contribution in [2.24, 2.45) is 5.10 Å². The molecule has 0 aliphatic carbocycles. The fourth-order valence-corrected chi connectivity index (χ4v) is 1.73. The highest BCUT2D eigenvalue weighted by Gasteiger charge is 2.29. The summed E-state index contributed by atoms with van der Waals surface area (Å²) in [7, 11) is 0. The van der Waals surface area contributed by atoms with Crippen LogP contribution in [0.5, 0.6) is 0 Å². The summed E-state index contributed by atoms with van der Waals surface area (Å²) in [5.74, 6) is 0.156. The number of aryl methyl sites for hydroxylation is 1. The number of rotatable bonds is 2. The number of halogens is 3. The molecule has 2 aromatic rings. The fourth-order valence-electron chi connectivity index (χ4n) is 1.73. The van der Waals surface area contributed by atoms with Crippen molar-refractivity contribution in [1.82, 2.24) is 4.68 Å². The minimum Gasteiger partial charge on any atom is -0.384 e. The average molecular weight is 295 g/mol. The second kappa shape index (κ2) is 5.43. The number of hydrogen-bond donors (Lipinski definition) is 1. The van der Waals surface area contributed by atoms with Gasteiger partial charge in [0.2, 0.25) is 0 Å². The summed E-state index contributed by atoms with van der Waals surface area (Å²) in [5.41, 5.74) is 5.65. The van der Waals surface area contributed by atoms with Crippen molar-refractivity contribution in [2.75, 3.05) is 5.73 Å². The van der Waals surface area contributed by atoms with Gasteiger partial charge in [0.05, 0.1) is 11.8 Å². The van der Waals surface area contributed by atoms with E-state index in [2.05, 4.69) is 5.10 Å². The molecular formula is C14H12F3N3O. The zero-order valence-corrected chi connectivity index (χ0v) is 11.1. The molecule has 0 fully saturated rings. The lowest BCUT2D eigenvalue weighted by molar-refractivity contribution is -0.137. The molecule has 0 saturated carbocycles. The molecule has 0 unspecified atom stereocenters. The van der Waals surface area contributed by atoms with Crippen molar-refractivity contribution in [3.8, 4) is 0 Å². The maximum Gasteiger partial charge on any atom is 0.416 e. The van der Waals surface area contributed by atoms with Crippen LogP contribution in [-0.4, -0.2) is 10.9 Å². The summed E-state index contributed by atoms with van der Waals surface area (Å²) in [6, 6.07) is 7.36. The number of hydrogen-bond acceptors (Lipinski definition) is 3. The van der Waals surface area contributed by atoms with Crippen LogP contribution in [0, 0.1) is 6.92 Å². The molecule has 110 valence electrons. The minimum atomic E-state index is -4.38. The van der Waals surface area contributed by atoms with Gasteiger partial charge >= 0.3 is 6.18 Å². The van der Waals surface area contributed by atoms with Gasteiger partial charge in [-0.2, -0.15) is 22.9 Å². The monoisotopic (exact) mass is 295 g/mol. The van der Waals surface area contributed by atoms with Crippen LogP contribution in [0.2, 0.25) is 0 Å². The standard InChI is InChI=1S/C14H12F3N3O/c1-9-6-12(18)20(13(21)7-9)19-8-10-2-4-11(5-3-10)14(15,16)17/h2-8H,18H2,1H3/b19-8-. The summed E-state index contributed by atoms with van der Waals surface area (Å²) in [5, 5.41) is 3.88. The first-order valence-electron chi connectivity index (χ1n) is 5.98. The maximum absolute atomic E-state index is 12.4. The van der Waals surface area contributed by atoms with Gasteiger partial charge < -0.3 is 5.73 Å². The number of anilines is 1. The molecule has 2 rings (SSSR count). The van der Waals surface area contributed by atoms with E-state index in [4.69, 9.17) is 5.73 Å². The van der Waals surface area contributed by atoms with Crippen LogP contribution < -0.4 is 11.3 Å². The van der Waals surface area contributed by atoms with E-state index in [0.717, 1.165) is 16.8 Å². The molecule has 21 heavy (non-hydrogen) atoms. The highest BCUT2D eigenvalue weighted by atomic mass is 19.4. The van der Waals surface area contributed by atoms with Crippen LogP contribution in [0.1, 0.15) is 16.7 Å². The van der Waals surface area contributed by atoms with Crippen molar-refractivity contribution in [3.05, 3.63) is 63.4 Å². The first kappa shape index (κ1) is 14.8. The van der Waals surface area contributed by atoms with Gasteiger partial charge in [-0.25, -0.2) is 0 Å². The Labute approximate surface area is 118 Å². The van der Waals surface area contributed by atoms with E-state index in [-0.39, 0.29) is 5.82 Å². The Balaban J connectivity index is 2.28. The predicted octanol–water partition coefficient (Wildman–Crippen LogP) is 2.64. The van der Waals surface area contributed by atoms with Crippen molar-refractivity contribution in [3.63, 3.8) is 0 Å². The number of aromatic nitrogens is 1. The third-order valence-electron chi connectivity index (χ3n) is 2.74. The lowest BCUT2D eigenvalue weighted by Crippen LogP contribution is -2.19. The van der Waals surface area contributed by atoms with Crippen LogP contribution in [0.25, 0.3) is 0 Å². The molecule has 0 bridgehead atoms. The summed E-state index contributed by atoms with van der Waals surface area (Å²) in [6.45, 7) is 1.72. The number of alkyl halides is 3. The van der Waals surface area contributed by atoms with Gasteiger partial charge in [-0.15, -0.1) is 0 Å². The van der Waals surface area contributed by atoms with Gasteiger partial charge in [0.15, 0.2) is 0 Å². The van der Waals surface area contributed by atoms with Crippen molar-refractivity contribution in [2.45, 2.75) is 13.1 Å². The lowest BCUT2D eigenvalue weighted by Gasteiger charge is -2.06. The largest absolute Gasteiger partial charge is 0.416 e. The van der Waals surface area contributed by atoms with Gasteiger partial charge in [0, 0.05) is 6.07 Å². The number of benzene rings is 1. The normalized spacial score (nSPS) is 12.0. The molecule has 0 aliphatic rings. The SMILES string of the molecule is Cc1cc(N)n(/N=C\c2ccc(C(F)(F)F)cc2)c(=O)c1. The minimum absolute atomic E-state index is 0.156. The second-order valence-electron chi connectivity index (χ2n) is 4.47. The van der Waals surface area contributed by atoms with Gasteiger partial charge in [-0.1, -0.05) is 12.1 Å². The molecule has 1 aromatic heterocycles.